The summed E-state index contributed by atoms with van der Waals surface area (Å²) in [6.07, 6.45) is -11.3. The number of hydrogen-bond acceptors (Lipinski definition) is 16. The van der Waals surface area contributed by atoms with E-state index in [4.69, 9.17) is 33.2 Å². The number of benzene rings is 1. The topological polar surface area (TPSA) is 243 Å². The maximum atomic E-state index is 15.7. The molecule has 17 nitrogen and oxygen atoms in total. The van der Waals surface area contributed by atoms with Gasteiger partial charge in [0.25, 0.3) is 0 Å². The molecule has 2 saturated heterocycles. The van der Waals surface area contributed by atoms with E-state index in [2.05, 4.69) is 5.32 Å². The maximum Gasteiger partial charge on any atom is 0.408 e. The molecule has 6 aliphatic rings. The van der Waals surface area contributed by atoms with Crippen LogP contribution in [0.25, 0.3) is 0 Å². The Morgan fingerprint density at radius 2 is 1.60 bits per heavy atom. The number of Topliss-reactive ketones (excluding diaryl/α,β-unsaturated/α-hetero) is 1. The summed E-state index contributed by atoms with van der Waals surface area (Å²) in [5.74, 6) is -6.54. The minimum atomic E-state index is -2.39. The maximum absolute atomic E-state index is 15.7. The summed E-state index contributed by atoms with van der Waals surface area (Å²) in [4.78, 5) is 83.9. The largest absolute Gasteiger partial charge is 0.456 e. The molecule has 0 spiro atoms. The zero-order chi connectivity index (χ0) is 45.7. The number of aliphatic hydroxyl groups excluding tert-OH is 2. The van der Waals surface area contributed by atoms with E-state index >= 15 is 4.79 Å². The van der Waals surface area contributed by atoms with Crippen LogP contribution in [0.3, 0.4) is 0 Å². The quantitative estimate of drug-likeness (QED) is 0.114. The summed E-state index contributed by atoms with van der Waals surface area (Å²) >= 11 is 0. The van der Waals surface area contributed by atoms with Gasteiger partial charge in [0.05, 0.1) is 47.2 Å². The highest BCUT2D eigenvalue weighted by Crippen LogP contribution is 2.64. The van der Waals surface area contributed by atoms with Crippen LogP contribution in [0.5, 0.6) is 0 Å². The lowest BCUT2D eigenvalue weighted by molar-refractivity contribution is -0.346. The Kier molecular flexibility index (Phi) is 11.3. The van der Waals surface area contributed by atoms with Gasteiger partial charge in [0.1, 0.15) is 35.6 Å². The standard InChI is InChI=1S/C45H59NO16/c1-21-25(57-38(53)30(49)29(34-42(8,9)61-34)46-39(54)62-40(3,4)5)19-45(55)35(59-37(52)23-14-12-11-13-15-23)32-43(10,26(48)18-27-44(32,20-56-27)60-22(2)47)33(50)31(28(21)41(45,6)7)58-36(51)24-16-17-24/h11-15,24-27,29-32,34-35,48-49,55H,16-20H2,1-10H3,(H,46,54)/t25-,26-,27+,29+,30+,31+,32?,34-,35-,43+,44-,45+/m0/s1. The number of epoxide rings is 1. The number of esters is 4. The monoisotopic (exact) mass is 869 g/mol. The highest BCUT2D eigenvalue weighted by molar-refractivity contribution is 5.96. The average molecular weight is 870 g/mol. The molecule has 5 fully saturated rings. The molecule has 340 valence electrons. The van der Waals surface area contributed by atoms with Crippen LogP contribution in [-0.2, 0) is 52.3 Å². The first kappa shape index (κ1) is 45.6. The molecule has 4 N–H and O–H groups in total. The minimum Gasteiger partial charge on any atom is -0.456 e. The van der Waals surface area contributed by atoms with Crippen LogP contribution in [0.15, 0.2) is 41.5 Å². The normalized spacial score (nSPS) is 36.4. The highest BCUT2D eigenvalue weighted by Gasteiger charge is 2.78. The summed E-state index contributed by atoms with van der Waals surface area (Å²) in [5.41, 5.74) is -9.37. The van der Waals surface area contributed by atoms with E-state index < -0.39 is 136 Å². The molecule has 1 aromatic carbocycles. The van der Waals surface area contributed by atoms with Crippen molar-refractivity contribution in [3.63, 3.8) is 0 Å². The summed E-state index contributed by atoms with van der Waals surface area (Å²) < 4.78 is 41.8. The van der Waals surface area contributed by atoms with Crippen molar-refractivity contribution in [1.29, 1.82) is 0 Å². The van der Waals surface area contributed by atoms with Gasteiger partial charge in [0, 0.05) is 25.2 Å². The molecule has 62 heavy (non-hydrogen) atoms. The van der Waals surface area contributed by atoms with E-state index in [1.165, 1.54) is 26.0 Å². The second kappa shape index (κ2) is 15.4. The Morgan fingerprint density at radius 1 is 0.968 bits per heavy atom. The third-order valence-corrected chi connectivity index (χ3v) is 14.0. The third kappa shape index (κ3) is 7.60. The molecular weight excluding hydrogens is 810 g/mol. The van der Waals surface area contributed by atoms with E-state index in [1.54, 1.807) is 66.7 Å². The van der Waals surface area contributed by atoms with Crippen LogP contribution in [-0.4, -0.2) is 129 Å². The molecule has 2 heterocycles. The van der Waals surface area contributed by atoms with Crippen molar-refractivity contribution < 1.29 is 77.2 Å². The second-order valence-corrected chi connectivity index (χ2v) is 20.0. The number of nitrogens with one attached hydrogen (secondary N) is 1. The van der Waals surface area contributed by atoms with Gasteiger partial charge in [-0.05, 0) is 84.6 Å². The summed E-state index contributed by atoms with van der Waals surface area (Å²) in [6.45, 7) is 15.3. The molecular formula is C45H59NO16. The fourth-order valence-electron chi connectivity index (χ4n) is 10.3. The molecule has 12 atom stereocenters. The number of alkyl carbamates (subject to hydrolysis) is 1. The second-order valence-electron chi connectivity index (χ2n) is 20.0. The van der Waals surface area contributed by atoms with Crippen molar-refractivity contribution in [3.05, 3.63) is 47.0 Å². The molecule has 3 saturated carbocycles. The Balaban J connectivity index is 1.39. The Labute approximate surface area is 360 Å². The van der Waals surface area contributed by atoms with Crippen molar-refractivity contribution in [3.8, 4) is 0 Å². The lowest BCUT2D eigenvalue weighted by atomic mass is 9.44. The smallest absolute Gasteiger partial charge is 0.408 e. The Morgan fingerprint density at radius 3 is 2.13 bits per heavy atom. The SMILES string of the molecule is CC(=O)O[C@@]12CO[C@@H]1C[C@H](O)[C@@]1(C)C(=O)[C@H](OC(=O)C3CC3)C3=C(C)[C@@H](OC(=O)[C@H](O)[C@@H](NC(=O)OC(C)(C)C)[C@@H]4OC4(C)C)C[C@@](O)([C@@H](OC(=O)c4ccccc4)C12)C3(C)C. The van der Waals surface area contributed by atoms with Crippen molar-refractivity contribution in [2.75, 3.05) is 6.61 Å². The van der Waals surface area contributed by atoms with E-state index in [-0.39, 0.29) is 29.7 Å². The first-order valence-electron chi connectivity index (χ1n) is 21.2. The predicted molar refractivity (Wildman–Crippen MR) is 214 cm³/mol. The molecule has 4 aliphatic carbocycles. The zero-order valence-corrected chi connectivity index (χ0v) is 36.8. The molecule has 1 amide bonds. The molecule has 17 heteroatoms. The summed E-state index contributed by atoms with van der Waals surface area (Å²) in [7, 11) is 0. The Bertz CT molecular complexity index is 2050. The number of hydrogen-bond donors (Lipinski definition) is 4. The lowest BCUT2D eigenvalue weighted by Gasteiger charge is -2.67. The molecule has 2 aliphatic heterocycles. The molecule has 7 rings (SSSR count). The number of ketones is 1. The van der Waals surface area contributed by atoms with E-state index in [1.807, 2.05) is 0 Å². The van der Waals surface area contributed by atoms with E-state index in [9.17, 15) is 39.3 Å². The van der Waals surface area contributed by atoms with Crippen molar-refractivity contribution in [1.82, 2.24) is 5.32 Å². The van der Waals surface area contributed by atoms with Gasteiger partial charge >= 0.3 is 30.0 Å². The van der Waals surface area contributed by atoms with E-state index in [0.717, 1.165) is 6.92 Å². The summed E-state index contributed by atoms with van der Waals surface area (Å²) in [6, 6.07) is 6.49. The van der Waals surface area contributed by atoms with Gasteiger partial charge in [-0.25, -0.2) is 14.4 Å². The summed E-state index contributed by atoms with van der Waals surface area (Å²) in [5, 5.41) is 40.1. The van der Waals surface area contributed by atoms with Crippen LogP contribution >= 0.6 is 0 Å². The van der Waals surface area contributed by atoms with Crippen LogP contribution in [0.1, 0.15) is 105 Å². The van der Waals surface area contributed by atoms with Crippen molar-refractivity contribution >= 4 is 35.8 Å². The number of carbonyl (C=O) groups excluding carboxylic acids is 6. The van der Waals surface area contributed by atoms with Gasteiger partial charge in [-0.15, -0.1) is 0 Å². The molecule has 2 bridgehead atoms. The Hall–Kier alpha value is -4.42. The highest BCUT2D eigenvalue weighted by atomic mass is 16.6. The van der Waals surface area contributed by atoms with E-state index in [0.29, 0.717) is 12.8 Å². The minimum absolute atomic E-state index is 0.0220. The number of carbonyl (C=O) groups is 6. The first-order chi connectivity index (χ1) is 28.7. The molecule has 1 aromatic rings. The molecule has 0 aromatic heterocycles. The third-order valence-electron chi connectivity index (χ3n) is 14.0. The van der Waals surface area contributed by atoms with Crippen LogP contribution in [0.2, 0.25) is 0 Å². The number of ether oxygens (including phenoxy) is 7. The van der Waals surface area contributed by atoms with Gasteiger partial charge in [-0.2, -0.15) is 0 Å². The number of amides is 1. The number of fused-ring (bicyclic) bond motifs is 5. The van der Waals surface area contributed by atoms with Gasteiger partial charge < -0.3 is 53.8 Å². The van der Waals surface area contributed by atoms with Gasteiger partial charge in [0.15, 0.2) is 23.6 Å². The van der Waals surface area contributed by atoms with Crippen LogP contribution < -0.4 is 5.32 Å². The molecule has 0 radical (unpaired) electrons. The average Bonchev–Trinajstić information content (AvgIpc) is 4.11. The van der Waals surface area contributed by atoms with Gasteiger partial charge in [-0.1, -0.05) is 32.0 Å². The molecule has 1 unspecified atom stereocenters. The van der Waals surface area contributed by atoms with Gasteiger partial charge in [-0.3, -0.25) is 14.4 Å². The number of aliphatic hydroxyl groups is 3. The zero-order valence-electron chi connectivity index (χ0n) is 36.8. The van der Waals surface area contributed by atoms with Gasteiger partial charge in [0.2, 0.25) is 0 Å². The van der Waals surface area contributed by atoms with Crippen molar-refractivity contribution in [2.24, 2.45) is 22.7 Å². The fraction of sp³-hybridized carbons (Fsp3) is 0.689. The predicted octanol–water partition coefficient (Wildman–Crippen LogP) is 3.03. The number of rotatable bonds is 10. The fourth-order valence-corrected chi connectivity index (χ4v) is 10.3. The van der Waals surface area contributed by atoms with Crippen molar-refractivity contribution in [2.45, 2.75) is 166 Å². The first-order valence-corrected chi connectivity index (χ1v) is 21.2. The lowest BCUT2D eigenvalue weighted by Crippen LogP contribution is -2.82. The van der Waals surface area contributed by atoms with Crippen LogP contribution in [0, 0.1) is 22.7 Å². The van der Waals surface area contributed by atoms with Crippen LogP contribution in [0.4, 0.5) is 4.79 Å².